The van der Waals surface area contributed by atoms with Crippen molar-refractivity contribution in [2.75, 3.05) is 6.54 Å². The molecule has 0 aliphatic carbocycles. The first-order chi connectivity index (χ1) is 13.9. The Labute approximate surface area is 170 Å². The third-order valence-corrected chi connectivity index (χ3v) is 4.39. The van der Waals surface area contributed by atoms with E-state index in [-0.39, 0.29) is 28.2 Å². The molecule has 0 bridgehead atoms. The summed E-state index contributed by atoms with van der Waals surface area (Å²) in [5.74, 6) is -3.56. The van der Waals surface area contributed by atoms with Crippen molar-refractivity contribution in [3.63, 3.8) is 0 Å². The van der Waals surface area contributed by atoms with E-state index in [9.17, 15) is 18.8 Å². The van der Waals surface area contributed by atoms with Gasteiger partial charge in [-0.2, -0.15) is 13.5 Å². The van der Waals surface area contributed by atoms with Crippen molar-refractivity contribution < 1.29 is 23.5 Å². The number of pyridine rings is 1. The summed E-state index contributed by atoms with van der Waals surface area (Å²) in [6.45, 7) is -0.882. The van der Waals surface area contributed by atoms with Gasteiger partial charge >= 0.3 is 5.97 Å². The van der Waals surface area contributed by atoms with Crippen LogP contribution in [-0.2, 0) is 17.1 Å². The van der Waals surface area contributed by atoms with Crippen LogP contribution in [0.3, 0.4) is 0 Å². The van der Waals surface area contributed by atoms with E-state index in [0.29, 0.717) is 10.5 Å². The highest BCUT2D eigenvalue weighted by Gasteiger charge is 2.30. The van der Waals surface area contributed by atoms with Gasteiger partial charge in [0, 0.05) is 5.56 Å². The largest absolute Gasteiger partial charge is 0.427 e. The molecule has 0 saturated heterocycles. The summed E-state index contributed by atoms with van der Waals surface area (Å²) in [4.78, 5) is 15.9. The minimum atomic E-state index is -3.22. The number of benzene rings is 2. The first-order valence-electron chi connectivity index (χ1n) is 8.66. The molecule has 0 amide bonds. The number of alkyl halides is 2. The summed E-state index contributed by atoms with van der Waals surface area (Å²) < 4.78 is 34.3. The molecular weight excluding hydrogens is 402 g/mol. The van der Waals surface area contributed by atoms with Gasteiger partial charge in [-0.3, -0.25) is 9.79 Å². The average Bonchev–Trinajstić information content (AvgIpc) is 2.72. The van der Waals surface area contributed by atoms with Gasteiger partial charge in [-0.15, -0.1) is 0 Å². The molecule has 0 spiro atoms. The standard InChI is InChI=1S/C21H17ClF2N2O3/c22-17-11-12-19(25-14-21(23,24)15-7-3-1-4-8-15)26(28)18(17)13-20(27)29-16-9-5-2-6-10-16/h1-12,28H,13-14H2. The molecule has 5 nitrogen and oxygen atoms in total. The van der Waals surface area contributed by atoms with Crippen molar-refractivity contribution in [2.24, 2.45) is 4.99 Å². The summed E-state index contributed by atoms with van der Waals surface area (Å²) >= 11 is 6.06. The quantitative estimate of drug-likeness (QED) is 0.370. The second kappa shape index (κ2) is 8.87. The summed E-state index contributed by atoms with van der Waals surface area (Å²) in [7, 11) is 0. The van der Waals surface area contributed by atoms with Gasteiger partial charge in [-0.05, 0) is 24.3 Å². The van der Waals surface area contributed by atoms with Crippen LogP contribution in [0.15, 0.2) is 77.8 Å². The molecule has 0 fully saturated rings. The molecule has 0 aliphatic heterocycles. The predicted molar refractivity (Wildman–Crippen MR) is 103 cm³/mol. The molecule has 0 radical (unpaired) electrons. The zero-order valence-electron chi connectivity index (χ0n) is 15.1. The Balaban J connectivity index is 1.81. The molecule has 0 atom stereocenters. The van der Waals surface area contributed by atoms with Crippen LogP contribution in [0.25, 0.3) is 0 Å². The smallest absolute Gasteiger partial charge is 0.317 e. The number of ether oxygens (including phenoxy) is 1. The molecule has 29 heavy (non-hydrogen) atoms. The van der Waals surface area contributed by atoms with Crippen LogP contribution in [0.2, 0.25) is 5.02 Å². The number of carbonyl (C=O) groups is 1. The monoisotopic (exact) mass is 418 g/mol. The van der Waals surface area contributed by atoms with Crippen molar-refractivity contribution in [2.45, 2.75) is 12.3 Å². The van der Waals surface area contributed by atoms with Gasteiger partial charge < -0.3 is 9.94 Å². The second-order valence-electron chi connectivity index (χ2n) is 6.15. The van der Waals surface area contributed by atoms with E-state index < -0.39 is 18.4 Å². The fraction of sp³-hybridized carbons (Fsp3) is 0.143. The van der Waals surface area contributed by atoms with Gasteiger partial charge in [-0.25, -0.2) is 0 Å². The van der Waals surface area contributed by atoms with Crippen LogP contribution >= 0.6 is 11.6 Å². The number of hydrogen-bond donors (Lipinski definition) is 1. The van der Waals surface area contributed by atoms with Crippen molar-refractivity contribution in [1.29, 1.82) is 0 Å². The SMILES string of the molecule is O=C(Cc1c(Cl)ccc(=NCC(F)(F)c2ccccc2)n1O)Oc1ccccc1. The zero-order valence-corrected chi connectivity index (χ0v) is 15.9. The summed E-state index contributed by atoms with van der Waals surface area (Å²) in [6.07, 6.45) is -0.372. The van der Waals surface area contributed by atoms with Gasteiger partial charge in [0.25, 0.3) is 5.92 Å². The van der Waals surface area contributed by atoms with Crippen molar-refractivity contribution >= 4 is 17.6 Å². The molecule has 8 heteroatoms. The molecule has 0 saturated carbocycles. The normalized spacial score (nSPS) is 12.0. The number of halogens is 3. The summed E-state index contributed by atoms with van der Waals surface area (Å²) in [6, 6.07) is 18.3. The van der Waals surface area contributed by atoms with Gasteiger partial charge in [0.15, 0.2) is 5.49 Å². The van der Waals surface area contributed by atoms with Crippen molar-refractivity contribution in [3.8, 4) is 5.75 Å². The van der Waals surface area contributed by atoms with Crippen molar-refractivity contribution in [1.82, 2.24) is 4.73 Å². The molecule has 2 aromatic carbocycles. The molecule has 1 N–H and O–H groups in total. The lowest BCUT2D eigenvalue weighted by atomic mass is 10.1. The lowest BCUT2D eigenvalue weighted by molar-refractivity contribution is -0.133. The van der Waals surface area contributed by atoms with E-state index in [2.05, 4.69) is 4.99 Å². The predicted octanol–water partition coefficient (Wildman–Crippen LogP) is 4.22. The molecule has 0 aliphatic rings. The Morgan fingerprint density at radius 3 is 2.31 bits per heavy atom. The lowest BCUT2D eigenvalue weighted by Crippen LogP contribution is -2.27. The third kappa shape index (κ3) is 5.20. The number of hydrogen-bond acceptors (Lipinski definition) is 4. The fourth-order valence-electron chi connectivity index (χ4n) is 2.58. The number of esters is 1. The van der Waals surface area contributed by atoms with E-state index in [1.807, 2.05) is 0 Å². The molecule has 3 aromatic rings. The van der Waals surface area contributed by atoms with E-state index >= 15 is 0 Å². The number of rotatable bonds is 6. The minimum Gasteiger partial charge on any atom is -0.427 e. The van der Waals surface area contributed by atoms with E-state index in [1.165, 1.54) is 36.4 Å². The van der Waals surface area contributed by atoms with Crippen LogP contribution in [0.4, 0.5) is 8.78 Å². The fourth-order valence-corrected chi connectivity index (χ4v) is 2.79. The van der Waals surface area contributed by atoms with E-state index in [1.54, 1.807) is 36.4 Å². The van der Waals surface area contributed by atoms with Crippen LogP contribution in [0.1, 0.15) is 11.3 Å². The Hall–Kier alpha value is -3.19. The Bertz CT molecular complexity index is 1050. The van der Waals surface area contributed by atoms with Gasteiger partial charge in [0.2, 0.25) is 0 Å². The molecule has 150 valence electrons. The van der Waals surface area contributed by atoms with Crippen LogP contribution in [-0.4, -0.2) is 22.5 Å². The maximum atomic E-state index is 14.3. The number of carbonyl (C=O) groups excluding carboxylic acids is 1. The highest BCUT2D eigenvalue weighted by atomic mass is 35.5. The van der Waals surface area contributed by atoms with Gasteiger partial charge in [-0.1, -0.05) is 60.1 Å². The molecule has 1 aromatic heterocycles. The Kier molecular flexibility index (Phi) is 6.29. The zero-order chi connectivity index (χ0) is 20.9. The van der Waals surface area contributed by atoms with Crippen LogP contribution in [0.5, 0.6) is 5.75 Å². The maximum absolute atomic E-state index is 14.3. The topological polar surface area (TPSA) is 63.8 Å². The first kappa shape index (κ1) is 20.5. The molecule has 1 heterocycles. The lowest BCUT2D eigenvalue weighted by Gasteiger charge is -2.14. The minimum absolute atomic E-state index is 0.0168. The maximum Gasteiger partial charge on any atom is 0.317 e. The Morgan fingerprint density at radius 1 is 1.03 bits per heavy atom. The molecule has 3 rings (SSSR count). The number of nitrogens with zero attached hydrogens (tertiary/aromatic N) is 2. The van der Waals surface area contributed by atoms with E-state index in [4.69, 9.17) is 16.3 Å². The third-order valence-electron chi connectivity index (χ3n) is 4.05. The highest BCUT2D eigenvalue weighted by molar-refractivity contribution is 6.31. The van der Waals surface area contributed by atoms with Gasteiger partial charge in [0.1, 0.15) is 12.3 Å². The first-order valence-corrected chi connectivity index (χ1v) is 9.04. The number of para-hydroxylation sites is 1. The highest BCUT2D eigenvalue weighted by Crippen LogP contribution is 2.27. The van der Waals surface area contributed by atoms with Crippen LogP contribution in [0, 0.1) is 0 Å². The molecular formula is C21H17ClF2N2O3. The van der Waals surface area contributed by atoms with Crippen molar-refractivity contribution in [3.05, 3.63) is 94.6 Å². The second-order valence-corrected chi connectivity index (χ2v) is 6.56. The van der Waals surface area contributed by atoms with Gasteiger partial charge in [0.05, 0.1) is 17.1 Å². The number of aromatic nitrogens is 1. The van der Waals surface area contributed by atoms with Crippen LogP contribution < -0.4 is 10.2 Å². The molecule has 0 unspecified atom stereocenters. The summed E-state index contributed by atoms with van der Waals surface area (Å²) in [5.41, 5.74) is -0.363. The Morgan fingerprint density at radius 2 is 1.66 bits per heavy atom. The average molecular weight is 419 g/mol. The summed E-state index contributed by atoms with van der Waals surface area (Å²) in [5, 5.41) is 10.4. The van der Waals surface area contributed by atoms with E-state index in [0.717, 1.165) is 0 Å².